The number of nitrogens with one attached hydrogen (secondary N) is 1. The number of hydrogen-bond donors (Lipinski definition) is 1. The normalized spacial score (nSPS) is 27.6. The van der Waals surface area contributed by atoms with Crippen molar-refractivity contribution in [3.05, 3.63) is 29.8 Å². The van der Waals surface area contributed by atoms with E-state index in [9.17, 15) is 0 Å². The molecule has 2 unspecified atom stereocenters. The quantitative estimate of drug-likeness (QED) is 0.900. The summed E-state index contributed by atoms with van der Waals surface area (Å²) in [6.45, 7) is 3.43. The summed E-state index contributed by atoms with van der Waals surface area (Å²) in [7, 11) is 2.22. The largest absolute Gasteiger partial charge is 0.488 e. The molecule has 0 aromatic heterocycles. The van der Waals surface area contributed by atoms with Crippen LogP contribution in [0.1, 0.15) is 24.8 Å². The molecule has 2 heterocycles. The molecule has 3 nitrogen and oxygen atoms in total. The summed E-state index contributed by atoms with van der Waals surface area (Å²) < 4.78 is 5.98. The molecule has 0 aliphatic carbocycles. The maximum atomic E-state index is 5.98. The average Bonchev–Trinajstić information content (AvgIpc) is 2.72. The molecule has 0 radical (unpaired) electrons. The zero-order valence-corrected chi connectivity index (χ0v) is 11.8. The molecule has 104 valence electrons. The second kappa shape index (κ2) is 5.93. The minimum absolute atomic E-state index is 0.318. The SMILES string of the molecule is CN1CCCC(NCC2Cc3ccccc3O2)CC1. The van der Waals surface area contributed by atoms with Crippen LogP contribution >= 0.6 is 0 Å². The highest BCUT2D eigenvalue weighted by Gasteiger charge is 2.23. The molecule has 2 atom stereocenters. The van der Waals surface area contributed by atoms with E-state index in [1.54, 1.807) is 0 Å². The van der Waals surface area contributed by atoms with E-state index in [1.807, 2.05) is 0 Å². The molecule has 2 aliphatic heterocycles. The molecule has 1 fully saturated rings. The number of benzene rings is 1. The van der Waals surface area contributed by atoms with Crippen molar-refractivity contribution >= 4 is 0 Å². The van der Waals surface area contributed by atoms with Gasteiger partial charge in [-0.05, 0) is 51.0 Å². The van der Waals surface area contributed by atoms with Gasteiger partial charge in [0.1, 0.15) is 11.9 Å². The zero-order chi connectivity index (χ0) is 13.1. The number of hydrogen-bond acceptors (Lipinski definition) is 3. The fourth-order valence-corrected chi connectivity index (χ4v) is 3.11. The van der Waals surface area contributed by atoms with Gasteiger partial charge in [0.05, 0.1) is 0 Å². The molecule has 3 rings (SSSR count). The van der Waals surface area contributed by atoms with Crippen LogP contribution < -0.4 is 10.1 Å². The van der Waals surface area contributed by atoms with Crippen LogP contribution in [0.5, 0.6) is 5.75 Å². The first-order valence-electron chi connectivity index (χ1n) is 7.48. The number of nitrogens with zero attached hydrogens (tertiary/aromatic N) is 1. The predicted molar refractivity (Wildman–Crippen MR) is 77.7 cm³/mol. The van der Waals surface area contributed by atoms with Gasteiger partial charge in [-0.15, -0.1) is 0 Å². The van der Waals surface area contributed by atoms with Crippen LogP contribution in [0.15, 0.2) is 24.3 Å². The van der Waals surface area contributed by atoms with E-state index in [2.05, 4.69) is 41.5 Å². The van der Waals surface area contributed by atoms with Gasteiger partial charge in [-0.25, -0.2) is 0 Å². The van der Waals surface area contributed by atoms with Gasteiger partial charge in [0.25, 0.3) is 0 Å². The molecule has 3 heteroatoms. The van der Waals surface area contributed by atoms with E-state index in [-0.39, 0.29) is 0 Å². The van der Waals surface area contributed by atoms with Crippen LogP contribution in [-0.4, -0.2) is 43.7 Å². The van der Waals surface area contributed by atoms with Gasteiger partial charge < -0.3 is 15.0 Å². The summed E-state index contributed by atoms with van der Waals surface area (Å²) >= 11 is 0. The topological polar surface area (TPSA) is 24.5 Å². The maximum Gasteiger partial charge on any atom is 0.123 e. The maximum absolute atomic E-state index is 5.98. The molecular formula is C16H24N2O. The minimum atomic E-state index is 0.318. The van der Waals surface area contributed by atoms with Crippen molar-refractivity contribution in [2.24, 2.45) is 0 Å². The van der Waals surface area contributed by atoms with Gasteiger partial charge in [0.2, 0.25) is 0 Å². The van der Waals surface area contributed by atoms with Crippen LogP contribution in [0.2, 0.25) is 0 Å². The van der Waals surface area contributed by atoms with Crippen LogP contribution in [0.4, 0.5) is 0 Å². The summed E-state index contributed by atoms with van der Waals surface area (Å²) in [5.74, 6) is 1.08. The molecule has 1 aromatic rings. The Morgan fingerprint density at radius 2 is 2.16 bits per heavy atom. The molecule has 2 aliphatic rings. The van der Waals surface area contributed by atoms with Crippen molar-refractivity contribution in [1.82, 2.24) is 10.2 Å². The summed E-state index contributed by atoms with van der Waals surface area (Å²) in [4.78, 5) is 2.43. The Morgan fingerprint density at radius 3 is 3.05 bits per heavy atom. The molecule has 0 bridgehead atoms. The minimum Gasteiger partial charge on any atom is -0.488 e. The number of para-hydroxylation sites is 1. The number of likely N-dealkylation sites (tertiary alicyclic amines) is 1. The first-order valence-corrected chi connectivity index (χ1v) is 7.48. The summed E-state index contributed by atoms with van der Waals surface area (Å²) in [5.41, 5.74) is 1.36. The summed E-state index contributed by atoms with van der Waals surface area (Å²) in [6.07, 6.45) is 5.23. The van der Waals surface area contributed by atoms with Crippen LogP contribution in [0.25, 0.3) is 0 Å². The van der Waals surface area contributed by atoms with E-state index in [4.69, 9.17) is 4.74 Å². The molecule has 0 spiro atoms. The Kier molecular flexibility index (Phi) is 4.04. The smallest absolute Gasteiger partial charge is 0.123 e. The highest BCUT2D eigenvalue weighted by Crippen LogP contribution is 2.27. The lowest BCUT2D eigenvalue weighted by molar-refractivity contribution is 0.218. The Bertz CT molecular complexity index is 396. The Labute approximate surface area is 115 Å². The lowest BCUT2D eigenvalue weighted by atomic mass is 10.1. The number of rotatable bonds is 3. The second-order valence-corrected chi connectivity index (χ2v) is 5.89. The first kappa shape index (κ1) is 12.9. The van der Waals surface area contributed by atoms with Crippen LogP contribution in [0.3, 0.4) is 0 Å². The average molecular weight is 260 g/mol. The monoisotopic (exact) mass is 260 g/mol. The lowest BCUT2D eigenvalue weighted by Crippen LogP contribution is -2.37. The zero-order valence-electron chi connectivity index (χ0n) is 11.8. The van der Waals surface area contributed by atoms with E-state index in [0.717, 1.165) is 18.7 Å². The summed E-state index contributed by atoms with van der Waals surface area (Å²) in [6, 6.07) is 9.07. The van der Waals surface area contributed by atoms with Crippen molar-refractivity contribution in [3.8, 4) is 5.75 Å². The standard InChI is InChI=1S/C16H24N2O/c1-18-9-4-6-14(8-10-18)17-12-15-11-13-5-2-3-7-16(13)19-15/h2-3,5,7,14-15,17H,4,6,8-12H2,1H3. The molecule has 1 N–H and O–H groups in total. The Morgan fingerprint density at radius 1 is 1.26 bits per heavy atom. The Hall–Kier alpha value is -1.06. The summed E-state index contributed by atoms with van der Waals surface area (Å²) in [5, 5.41) is 3.71. The molecule has 0 amide bonds. The van der Waals surface area contributed by atoms with E-state index >= 15 is 0 Å². The number of ether oxygens (including phenoxy) is 1. The van der Waals surface area contributed by atoms with Crippen molar-refractivity contribution in [1.29, 1.82) is 0 Å². The van der Waals surface area contributed by atoms with Crippen molar-refractivity contribution in [3.63, 3.8) is 0 Å². The highest BCUT2D eigenvalue weighted by molar-refractivity contribution is 5.37. The van der Waals surface area contributed by atoms with E-state index in [0.29, 0.717) is 12.1 Å². The van der Waals surface area contributed by atoms with Gasteiger partial charge in [-0.1, -0.05) is 18.2 Å². The third-order valence-electron chi connectivity index (χ3n) is 4.30. The fraction of sp³-hybridized carbons (Fsp3) is 0.625. The second-order valence-electron chi connectivity index (χ2n) is 5.89. The van der Waals surface area contributed by atoms with Crippen molar-refractivity contribution < 1.29 is 4.74 Å². The van der Waals surface area contributed by atoms with Gasteiger partial charge in [0, 0.05) is 19.0 Å². The third-order valence-corrected chi connectivity index (χ3v) is 4.30. The third kappa shape index (κ3) is 3.28. The highest BCUT2D eigenvalue weighted by atomic mass is 16.5. The predicted octanol–water partition coefficient (Wildman–Crippen LogP) is 2.06. The number of fused-ring (bicyclic) bond motifs is 1. The van der Waals surface area contributed by atoms with Gasteiger partial charge in [-0.3, -0.25) is 0 Å². The van der Waals surface area contributed by atoms with E-state index in [1.165, 1.54) is 37.9 Å². The van der Waals surface area contributed by atoms with Gasteiger partial charge in [0.15, 0.2) is 0 Å². The first-order chi connectivity index (χ1) is 9.31. The van der Waals surface area contributed by atoms with Gasteiger partial charge in [-0.2, -0.15) is 0 Å². The Balaban J connectivity index is 1.46. The molecule has 1 aromatic carbocycles. The molecular weight excluding hydrogens is 236 g/mol. The molecule has 1 saturated heterocycles. The molecule has 0 saturated carbocycles. The lowest BCUT2D eigenvalue weighted by Gasteiger charge is -2.19. The van der Waals surface area contributed by atoms with Crippen molar-refractivity contribution in [2.75, 3.05) is 26.7 Å². The van der Waals surface area contributed by atoms with Gasteiger partial charge >= 0.3 is 0 Å². The van der Waals surface area contributed by atoms with E-state index < -0.39 is 0 Å². The van der Waals surface area contributed by atoms with Crippen LogP contribution in [-0.2, 0) is 6.42 Å². The van der Waals surface area contributed by atoms with Crippen molar-refractivity contribution in [2.45, 2.75) is 37.8 Å². The fourth-order valence-electron chi connectivity index (χ4n) is 3.11. The van der Waals surface area contributed by atoms with Crippen LogP contribution in [0, 0.1) is 0 Å². The molecule has 19 heavy (non-hydrogen) atoms.